The van der Waals surface area contributed by atoms with Gasteiger partial charge < -0.3 is 14.6 Å². The van der Waals surface area contributed by atoms with Crippen LogP contribution in [0.1, 0.15) is 11.1 Å². The van der Waals surface area contributed by atoms with Crippen molar-refractivity contribution in [2.75, 3.05) is 18.5 Å². The van der Waals surface area contributed by atoms with Gasteiger partial charge in [-0.05, 0) is 49.2 Å². The van der Waals surface area contributed by atoms with Crippen molar-refractivity contribution in [3.05, 3.63) is 59.9 Å². The highest BCUT2D eigenvalue weighted by atomic mass is 16.3. The van der Waals surface area contributed by atoms with E-state index in [-0.39, 0.29) is 0 Å². The van der Waals surface area contributed by atoms with Gasteiger partial charge in [-0.15, -0.1) is 0 Å². The first-order valence-corrected chi connectivity index (χ1v) is 7.91. The van der Waals surface area contributed by atoms with Crippen LogP contribution in [0.5, 0.6) is 0 Å². The molecule has 4 nitrogen and oxygen atoms in total. The predicted octanol–water partition coefficient (Wildman–Crippen LogP) is 3.15. The second-order valence-corrected chi connectivity index (χ2v) is 6.19. The highest BCUT2D eigenvalue weighted by Crippen LogP contribution is 2.19. The third-order valence-corrected chi connectivity index (χ3v) is 4.33. The van der Waals surface area contributed by atoms with Crippen molar-refractivity contribution >= 4 is 16.7 Å². The third-order valence-electron chi connectivity index (χ3n) is 4.33. The molecule has 0 aliphatic heterocycles. The van der Waals surface area contributed by atoms with E-state index in [2.05, 4.69) is 35.9 Å². The molecule has 0 aliphatic carbocycles. The summed E-state index contributed by atoms with van der Waals surface area (Å²) in [6.45, 7) is 5.31. The summed E-state index contributed by atoms with van der Waals surface area (Å²) in [7, 11) is 2.00. The minimum atomic E-state index is -0.459. The maximum Gasteiger partial charge on any atom is 0.0959 e. The normalized spacial score (nSPS) is 12.5. The Labute approximate surface area is 137 Å². The van der Waals surface area contributed by atoms with Gasteiger partial charge in [-0.3, -0.25) is 0 Å². The summed E-state index contributed by atoms with van der Waals surface area (Å²) in [5.74, 6) is 0. The monoisotopic (exact) mass is 309 g/mol. The molecule has 4 heteroatoms. The number of aliphatic hydroxyl groups excluding tert-OH is 1. The number of imidazole rings is 1. The van der Waals surface area contributed by atoms with E-state index in [1.807, 2.05) is 48.3 Å². The van der Waals surface area contributed by atoms with Gasteiger partial charge in [-0.1, -0.05) is 18.2 Å². The van der Waals surface area contributed by atoms with E-state index in [1.54, 1.807) is 0 Å². The topological polar surface area (TPSA) is 41.3 Å². The molecule has 0 saturated heterocycles. The van der Waals surface area contributed by atoms with Gasteiger partial charge in [0.05, 0.1) is 30.0 Å². The van der Waals surface area contributed by atoms with E-state index in [0.717, 1.165) is 16.7 Å². The smallest absolute Gasteiger partial charge is 0.0959 e. The van der Waals surface area contributed by atoms with Gasteiger partial charge in [0.1, 0.15) is 0 Å². The molecule has 1 N–H and O–H groups in total. The largest absolute Gasteiger partial charge is 0.389 e. The lowest BCUT2D eigenvalue weighted by Crippen LogP contribution is -2.31. The van der Waals surface area contributed by atoms with Crippen LogP contribution in [-0.2, 0) is 6.54 Å². The maximum absolute atomic E-state index is 10.4. The Morgan fingerprint density at radius 2 is 1.83 bits per heavy atom. The molecule has 1 atom stereocenters. The summed E-state index contributed by atoms with van der Waals surface area (Å²) in [4.78, 5) is 6.52. The van der Waals surface area contributed by atoms with E-state index in [1.165, 1.54) is 11.1 Å². The number of fused-ring (bicyclic) bond motifs is 1. The highest BCUT2D eigenvalue weighted by Gasteiger charge is 2.12. The average molecular weight is 309 g/mol. The van der Waals surface area contributed by atoms with Gasteiger partial charge >= 0.3 is 0 Å². The number of benzene rings is 2. The minimum absolute atomic E-state index is 0.459. The molecule has 0 radical (unpaired) electrons. The number of aliphatic hydroxyl groups is 1. The van der Waals surface area contributed by atoms with Crippen molar-refractivity contribution in [3.63, 3.8) is 0 Å². The Hall–Kier alpha value is -2.33. The van der Waals surface area contributed by atoms with Gasteiger partial charge in [-0.2, -0.15) is 0 Å². The number of anilines is 1. The summed E-state index contributed by atoms with van der Waals surface area (Å²) in [6.07, 6.45) is 1.36. The maximum atomic E-state index is 10.4. The van der Waals surface area contributed by atoms with Gasteiger partial charge in [0.25, 0.3) is 0 Å². The molecule has 2 aromatic carbocycles. The first kappa shape index (κ1) is 15.6. The first-order valence-electron chi connectivity index (χ1n) is 7.91. The molecule has 3 rings (SSSR count). The van der Waals surface area contributed by atoms with Crippen molar-refractivity contribution in [2.45, 2.75) is 26.5 Å². The Kier molecular flexibility index (Phi) is 4.35. The van der Waals surface area contributed by atoms with Gasteiger partial charge in [0, 0.05) is 19.3 Å². The quantitative estimate of drug-likeness (QED) is 0.787. The fourth-order valence-electron chi connectivity index (χ4n) is 2.85. The minimum Gasteiger partial charge on any atom is -0.389 e. The van der Waals surface area contributed by atoms with Gasteiger partial charge in [-0.25, -0.2) is 4.98 Å². The van der Waals surface area contributed by atoms with Crippen LogP contribution in [0, 0.1) is 13.8 Å². The molecule has 0 spiro atoms. The zero-order chi connectivity index (χ0) is 16.4. The van der Waals surface area contributed by atoms with E-state index >= 15 is 0 Å². The molecule has 3 aromatic rings. The van der Waals surface area contributed by atoms with Crippen molar-refractivity contribution in [3.8, 4) is 0 Å². The standard InChI is InChI=1S/C19H23N3O/c1-14-9-18-19(10-15(14)2)22(13-20-18)12-17(23)11-21(3)16-7-5-4-6-8-16/h4-10,13,17,23H,11-12H2,1-3H3. The van der Waals surface area contributed by atoms with Crippen LogP contribution < -0.4 is 4.90 Å². The summed E-state index contributed by atoms with van der Waals surface area (Å²) >= 11 is 0. The molecule has 1 heterocycles. The molecule has 0 bridgehead atoms. The van der Waals surface area contributed by atoms with Crippen LogP contribution in [0.3, 0.4) is 0 Å². The second kappa shape index (κ2) is 6.42. The van der Waals surface area contributed by atoms with Crippen molar-refractivity contribution in [2.24, 2.45) is 0 Å². The Morgan fingerprint density at radius 1 is 1.13 bits per heavy atom. The van der Waals surface area contributed by atoms with Crippen LogP contribution in [0.4, 0.5) is 5.69 Å². The predicted molar refractivity (Wildman–Crippen MR) is 94.9 cm³/mol. The number of aromatic nitrogens is 2. The summed E-state index contributed by atoms with van der Waals surface area (Å²) in [5, 5.41) is 10.4. The fraction of sp³-hybridized carbons (Fsp3) is 0.316. The highest BCUT2D eigenvalue weighted by molar-refractivity contribution is 5.77. The van der Waals surface area contributed by atoms with Gasteiger partial charge in [0.2, 0.25) is 0 Å². The third kappa shape index (κ3) is 3.37. The van der Waals surface area contributed by atoms with Crippen LogP contribution in [0.2, 0.25) is 0 Å². The number of para-hydroxylation sites is 1. The first-order chi connectivity index (χ1) is 11.0. The SMILES string of the molecule is Cc1cc2ncn(CC(O)CN(C)c3ccccc3)c2cc1C. The molecule has 0 aliphatic rings. The Balaban J connectivity index is 1.73. The molecular formula is C19H23N3O. The number of likely N-dealkylation sites (N-methyl/N-ethyl adjacent to an activating group) is 1. The number of hydrogen-bond donors (Lipinski definition) is 1. The van der Waals surface area contributed by atoms with Crippen LogP contribution in [-0.4, -0.2) is 34.4 Å². The van der Waals surface area contributed by atoms with Crippen LogP contribution in [0.25, 0.3) is 11.0 Å². The van der Waals surface area contributed by atoms with E-state index in [4.69, 9.17) is 0 Å². The molecule has 0 amide bonds. The molecular weight excluding hydrogens is 286 g/mol. The van der Waals surface area contributed by atoms with E-state index in [9.17, 15) is 5.11 Å². The zero-order valence-electron chi connectivity index (χ0n) is 13.9. The lowest BCUT2D eigenvalue weighted by atomic mass is 10.1. The second-order valence-electron chi connectivity index (χ2n) is 6.19. The molecule has 23 heavy (non-hydrogen) atoms. The lowest BCUT2D eigenvalue weighted by molar-refractivity contribution is 0.162. The van der Waals surface area contributed by atoms with Crippen LogP contribution in [0.15, 0.2) is 48.8 Å². The summed E-state index contributed by atoms with van der Waals surface area (Å²) < 4.78 is 2.03. The Bertz CT molecular complexity index is 795. The molecule has 0 saturated carbocycles. The van der Waals surface area contributed by atoms with Crippen molar-refractivity contribution in [1.29, 1.82) is 0 Å². The van der Waals surface area contributed by atoms with Crippen molar-refractivity contribution in [1.82, 2.24) is 9.55 Å². The zero-order valence-corrected chi connectivity index (χ0v) is 13.9. The van der Waals surface area contributed by atoms with E-state index < -0.39 is 6.10 Å². The summed E-state index contributed by atoms with van der Waals surface area (Å²) in [5.41, 5.74) is 5.65. The van der Waals surface area contributed by atoms with Crippen molar-refractivity contribution < 1.29 is 5.11 Å². The summed E-state index contributed by atoms with van der Waals surface area (Å²) in [6, 6.07) is 14.3. The molecule has 0 fully saturated rings. The molecule has 1 unspecified atom stereocenters. The Morgan fingerprint density at radius 3 is 2.57 bits per heavy atom. The van der Waals surface area contributed by atoms with Crippen LogP contribution >= 0.6 is 0 Å². The molecule has 120 valence electrons. The molecule has 1 aromatic heterocycles. The van der Waals surface area contributed by atoms with Gasteiger partial charge in [0.15, 0.2) is 0 Å². The van der Waals surface area contributed by atoms with E-state index in [0.29, 0.717) is 13.1 Å². The number of aryl methyl sites for hydroxylation is 2. The fourth-order valence-corrected chi connectivity index (χ4v) is 2.85. The number of nitrogens with zero attached hydrogens (tertiary/aromatic N) is 3. The number of hydrogen-bond acceptors (Lipinski definition) is 3. The number of rotatable bonds is 5. The lowest BCUT2D eigenvalue weighted by Gasteiger charge is -2.23. The average Bonchev–Trinajstić information content (AvgIpc) is 2.90.